The Kier molecular flexibility index (Phi) is 5.94. The zero-order valence-electron chi connectivity index (χ0n) is 15.5. The van der Waals surface area contributed by atoms with E-state index in [1.807, 2.05) is 37.3 Å². The summed E-state index contributed by atoms with van der Waals surface area (Å²) in [4.78, 5) is 14.6. The SMILES string of the molecule is Cc1ccc(S(=O)(=O)N[C@@H](C)c2ccccc2)cc1C(=O)N1CCOCC1. The zero-order chi connectivity index (χ0) is 19.4. The van der Waals surface area contributed by atoms with Gasteiger partial charge in [-0.15, -0.1) is 0 Å². The number of carbonyl (C=O) groups is 1. The molecule has 144 valence electrons. The Labute approximate surface area is 160 Å². The van der Waals surface area contributed by atoms with Crippen molar-refractivity contribution >= 4 is 15.9 Å². The van der Waals surface area contributed by atoms with Gasteiger partial charge < -0.3 is 9.64 Å². The van der Waals surface area contributed by atoms with Crippen molar-refractivity contribution in [1.29, 1.82) is 0 Å². The number of amides is 1. The molecule has 7 heteroatoms. The van der Waals surface area contributed by atoms with E-state index in [0.717, 1.165) is 11.1 Å². The maximum atomic E-state index is 12.8. The molecule has 1 heterocycles. The first kappa shape index (κ1) is 19.5. The van der Waals surface area contributed by atoms with Crippen LogP contribution in [-0.4, -0.2) is 45.5 Å². The van der Waals surface area contributed by atoms with E-state index >= 15 is 0 Å². The van der Waals surface area contributed by atoms with Crippen molar-refractivity contribution in [3.63, 3.8) is 0 Å². The first-order valence-corrected chi connectivity index (χ1v) is 10.4. The highest BCUT2D eigenvalue weighted by Crippen LogP contribution is 2.21. The lowest BCUT2D eigenvalue weighted by molar-refractivity contribution is 0.0302. The van der Waals surface area contributed by atoms with Gasteiger partial charge in [0.15, 0.2) is 0 Å². The van der Waals surface area contributed by atoms with Gasteiger partial charge in [-0.2, -0.15) is 0 Å². The average molecular weight is 388 g/mol. The molecule has 0 spiro atoms. The first-order chi connectivity index (χ1) is 12.9. The fourth-order valence-corrected chi connectivity index (χ4v) is 4.30. The Bertz CT molecular complexity index is 907. The van der Waals surface area contributed by atoms with E-state index < -0.39 is 10.0 Å². The molecule has 2 aromatic carbocycles. The van der Waals surface area contributed by atoms with Crippen LogP contribution in [0.3, 0.4) is 0 Å². The molecular weight excluding hydrogens is 364 g/mol. The van der Waals surface area contributed by atoms with E-state index in [2.05, 4.69) is 4.72 Å². The Morgan fingerprint density at radius 3 is 2.44 bits per heavy atom. The highest BCUT2D eigenvalue weighted by Gasteiger charge is 2.24. The molecule has 0 aliphatic carbocycles. The lowest BCUT2D eigenvalue weighted by Gasteiger charge is -2.27. The number of morpholine rings is 1. The van der Waals surface area contributed by atoms with E-state index in [1.54, 1.807) is 17.9 Å². The normalized spacial score (nSPS) is 16.1. The lowest BCUT2D eigenvalue weighted by Crippen LogP contribution is -2.41. The molecule has 1 saturated heterocycles. The molecule has 1 aliphatic rings. The Morgan fingerprint density at radius 2 is 1.78 bits per heavy atom. The molecule has 0 bridgehead atoms. The van der Waals surface area contributed by atoms with E-state index in [4.69, 9.17) is 4.74 Å². The number of nitrogens with one attached hydrogen (secondary N) is 1. The maximum Gasteiger partial charge on any atom is 0.254 e. The Morgan fingerprint density at radius 1 is 1.11 bits per heavy atom. The van der Waals surface area contributed by atoms with Crippen LogP contribution in [0.4, 0.5) is 0 Å². The number of benzene rings is 2. The van der Waals surface area contributed by atoms with Crippen molar-refractivity contribution in [2.75, 3.05) is 26.3 Å². The van der Waals surface area contributed by atoms with E-state index in [-0.39, 0.29) is 16.8 Å². The van der Waals surface area contributed by atoms with Gasteiger partial charge in [-0.25, -0.2) is 13.1 Å². The summed E-state index contributed by atoms with van der Waals surface area (Å²) < 4.78 is 33.6. The fourth-order valence-electron chi connectivity index (χ4n) is 3.05. The van der Waals surface area contributed by atoms with Gasteiger partial charge in [0.05, 0.1) is 18.1 Å². The van der Waals surface area contributed by atoms with Gasteiger partial charge in [-0.05, 0) is 37.1 Å². The molecule has 0 unspecified atom stereocenters. The van der Waals surface area contributed by atoms with Crippen molar-refractivity contribution in [1.82, 2.24) is 9.62 Å². The van der Waals surface area contributed by atoms with E-state index in [1.165, 1.54) is 12.1 Å². The third-order valence-corrected chi connectivity index (χ3v) is 6.22. The van der Waals surface area contributed by atoms with Crippen LogP contribution in [0, 0.1) is 6.92 Å². The molecule has 27 heavy (non-hydrogen) atoms. The molecular formula is C20H24N2O4S. The van der Waals surface area contributed by atoms with Crippen LogP contribution in [0.15, 0.2) is 53.4 Å². The molecule has 0 saturated carbocycles. The van der Waals surface area contributed by atoms with Crippen LogP contribution < -0.4 is 4.72 Å². The highest BCUT2D eigenvalue weighted by atomic mass is 32.2. The number of hydrogen-bond acceptors (Lipinski definition) is 4. The minimum absolute atomic E-state index is 0.0903. The largest absolute Gasteiger partial charge is 0.378 e. The molecule has 0 aromatic heterocycles. The lowest BCUT2D eigenvalue weighted by atomic mass is 10.1. The topological polar surface area (TPSA) is 75.7 Å². The van der Waals surface area contributed by atoms with Crippen molar-refractivity contribution in [3.8, 4) is 0 Å². The second-order valence-corrected chi connectivity index (χ2v) is 8.35. The van der Waals surface area contributed by atoms with Crippen LogP contribution in [0.5, 0.6) is 0 Å². The molecule has 3 rings (SSSR count). The Balaban J connectivity index is 1.84. The van der Waals surface area contributed by atoms with Gasteiger partial charge in [-0.3, -0.25) is 4.79 Å². The predicted molar refractivity (Wildman–Crippen MR) is 103 cm³/mol. The molecule has 1 aliphatic heterocycles. The van der Waals surface area contributed by atoms with Gasteiger partial charge in [-0.1, -0.05) is 36.4 Å². The molecule has 1 fully saturated rings. The maximum absolute atomic E-state index is 12.8. The number of aryl methyl sites for hydroxylation is 1. The van der Waals surface area contributed by atoms with Crippen molar-refractivity contribution in [2.24, 2.45) is 0 Å². The monoisotopic (exact) mass is 388 g/mol. The molecule has 1 atom stereocenters. The fraction of sp³-hybridized carbons (Fsp3) is 0.350. The Hall–Kier alpha value is -2.22. The van der Waals surface area contributed by atoms with Crippen LogP contribution in [-0.2, 0) is 14.8 Å². The smallest absolute Gasteiger partial charge is 0.254 e. The third kappa shape index (κ3) is 4.55. The van der Waals surface area contributed by atoms with Gasteiger partial charge >= 0.3 is 0 Å². The molecule has 6 nitrogen and oxygen atoms in total. The van der Waals surface area contributed by atoms with Crippen LogP contribution in [0.1, 0.15) is 34.5 Å². The molecule has 1 N–H and O–H groups in total. The van der Waals surface area contributed by atoms with Crippen molar-refractivity contribution < 1.29 is 17.9 Å². The van der Waals surface area contributed by atoms with Crippen molar-refractivity contribution in [3.05, 3.63) is 65.2 Å². The summed E-state index contributed by atoms with van der Waals surface area (Å²) in [5.41, 5.74) is 2.03. The summed E-state index contributed by atoms with van der Waals surface area (Å²) in [6, 6.07) is 13.7. The molecule has 0 radical (unpaired) electrons. The standard InChI is InChI=1S/C20H24N2O4S/c1-15-8-9-18(14-19(15)20(23)22-10-12-26-13-11-22)27(24,25)21-16(2)17-6-4-3-5-7-17/h3-9,14,16,21H,10-13H2,1-2H3/t16-/m0/s1. The number of carbonyl (C=O) groups excluding carboxylic acids is 1. The summed E-state index contributed by atoms with van der Waals surface area (Å²) >= 11 is 0. The summed E-state index contributed by atoms with van der Waals surface area (Å²) in [5.74, 6) is -0.163. The highest BCUT2D eigenvalue weighted by molar-refractivity contribution is 7.89. The van der Waals surface area contributed by atoms with Crippen molar-refractivity contribution in [2.45, 2.75) is 24.8 Å². The quantitative estimate of drug-likeness (QED) is 0.854. The first-order valence-electron chi connectivity index (χ1n) is 8.93. The predicted octanol–water partition coefficient (Wildman–Crippen LogP) is 2.51. The molecule has 2 aromatic rings. The van der Waals surface area contributed by atoms with Gasteiger partial charge in [0, 0.05) is 24.7 Å². The minimum atomic E-state index is -3.76. The van der Waals surface area contributed by atoms with Gasteiger partial charge in [0.1, 0.15) is 0 Å². The number of rotatable bonds is 5. The number of sulfonamides is 1. The van der Waals surface area contributed by atoms with Crippen LogP contribution in [0.25, 0.3) is 0 Å². The third-order valence-electron chi connectivity index (χ3n) is 4.68. The van der Waals surface area contributed by atoms with E-state index in [9.17, 15) is 13.2 Å². The molecule has 1 amide bonds. The minimum Gasteiger partial charge on any atom is -0.378 e. The second kappa shape index (κ2) is 8.21. The van der Waals surface area contributed by atoms with Crippen LogP contribution >= 0.6 is 0 Å². The van der Waals surface area contributed by atoms with Gasteiger partial charge in [0.25, 0.3) is 5.91 Å². The number of nitrogens with zero attached hydrogens (tertiary/aromatic N) is 1. The van der Waals surface area contributed by atoms with Gasteiger partial charge in [0.2, 0.25) is 10.0 Å². The van der Waals surface area contributed by atoms with E-state index in [0.29, 0.717) is 31.9 Å². The zero-order valence-corrected chi connectivity index (χ0v) is 16.3. The number of hydrogen-bond donors (Lipinski definition) is 1. The summed E-state index contributed by atoms with van der Waals surface area (Å²) in [7, 11) is -3.76. The summed E-state index contributed by atoms with van der Waals surface area (Å²) in [6.07, 6.45) is 0. The average Bonchev–Trinajstić information content (AvgIpc) is 2.68. The second-order valence-electron chi connectivity index (χ2n) is 6.63. The number of ether oxygens (including phenoxy) is 1. The summed E-state index contributed by atoms with van der Waals surface area (Å²) in [5, 5.41) is 0. The van der Waals surface area contributed by atoms with Crippen LogP contribution in [0.2, 0.25) is 0 Å². The summed E-state index contributed by atoms with van der Waals surface area (Å²) in [6.45, 7) is 5.62.